The standard InChI is InChI=1S/C21H20N2O3/c1-25-16-12-13-20(26-2)19(14-16)23-21(24)17-10-6-7-11-18(17)22-15-8-4-3-5-9-15/h3-14,22H,1-2H3,(H,23,24). The molecule has 0 radical (unpaired) electrons. The van der Waals surface area contributed by atoms with Gasteiger partial charge in [0.15, 0.2) is 0 Å². The number of nitrogens with one attached hydrogen (secondary N) is 2. The number of rotatable bonds is 6. The highest BCUT2D eigenvalue weighted by molar-refractivity contribution is 6.09. The maximum absolute atomic E-state index is 12.8. The van der Waals surface area contributed by atoms with E-state index < -0.39 is 0 Å². The molecular formula is C21H20N2O3. The first-order valence-electron chi connectivity index (χ1n) is 8.15. The monoisotopic (exact) mass is 348 g/mol. The fraction of sp³-hybridized carbons (Fsp3) is 0.0952. The molecule has 0 heterocycles. The molecule has 0 unspecified atom stereocenters. The maximum Gasteiger partial charge on any atom is 0.257 e. The maximum atomic E-state index is 12.8. The van der Waals surface area contributed by atoms with Crippen molar-refractivity contribution in [3.8, 4) is 11.5 Å². The highest BCUT2D eigenvalue weighted by Crippen LogP contribution is 2.30. The summed E-state index contributed by atoms with van der Waals surface area (Å²) < 4.78 is 10.5. The van der Waals surface area contributed by atoms with E-state index in [-0.39, 0.29) is 5.91 Å². The van der Waals surface area contributed by atoms with E-state index in [0.717, 1.165) is 11.4 Å². The number of para-hydroxylation sites is 2. The number of hydrogen-bond donors (Lipinski definition) is 2. The molecule has 132 valence electrons. The molecule has 2 N–H and O–H groups in total. The molecule has 0 spiro atoms. The van der Waals surface area contributed by atoms with Crippen molar-refractivity contribution in [1.82, 2.24) is 0 Å². The Kier molecular flexibility index (Phi) is 5.39. The van der Waals surface area contributed by atoms with Crippen LogP contribution in [0.15, 0.2) is 72.8 Å². The van der Waals surface area contributed by atoms with E-state index in [0.29, 0.717) is 22.7 Å². The van der Waals surface area contributed by atoms with Crippen molar-refractivity contribution < 1.29 is 14.3 Å². The van der Waals surface area contributed by atoms with Crippen molar-refractivity contribution in [1.29, 1.82) is 0 Å². The van der Waals surface area contributed by atoms with Crippen molar-refractivity contribution in [3.63, 3.8) is 0 Å². The zero-order valence-corrected chi connectivity index (χ0v) is 14.7. The van der Waals surface area contributed by atoms with Crippen LogP contribution in [0, 0.1) is 0 Å². The molecule has 0 bridgehead atoms. The molecule has 3 aromatic carbocycles. The molecule has 0 aliphatic rings. The van der Waals surface area contributed by atoms with Gasteiger partial charge in [-0.1, -0.05) is 30.3 Å². The Hall–Kier alpha value is -3.47. The molecule has 0 saturated heterocycles. The molecular weight excluding hydrogens is 328 g/mol. The SMILES string of the molecule is COc1ccc(OC)c(NC(=O)c2ccccc2Nc2ccccc2)c1. The summed E-state index contributed by atoms with van der Waals surface area (Å²) in [6.07, 6.45) is 0. The molecule has 5 nitrogen and oxygen atoms in total. The number of methoxy groups -OCH3 is 2. The van der Waals surface area contributed by atoms with Crippen LogP contribution < -0.4 is 20.1 Å². The van der Waals surface area contributed by atoms with Crippen LogP contribution in [-0.2, 0) is 0 Å². The smallest absolute Gasteiger partial charge is 0.257 e. The van der Waals surface area contributed by atoms with Crippen molar-refractivity contribution in [2.24, 2.45) is 0 Å². The summed E-state index contributed by atoms with van der Waals surface area (Å²) in [7, 11) is 3.13. The van der Waals surface area contributed by atoms with E-state index in [1.807, 2.05) is 48.5 Å². The van der Waals surface area contributed by atoms with Crippen LogP contribution in [0.1, 0.15) is 10.4 Å². The number of carbonyl (C=O) groups excluding carboxylic acids is 1. The summed E-state index contributed by atoms with van der Waals surface area (Å²) in [4.78, 5) is 12.8. The Balaban J connectivity index is 1.87. The zero-order chi connectivity index (χ0) is 18.4. The summed E-state index contributed by atoms with van der Waals surface area (Å²) in [5.41, 5.74) is 2.71. The summed E-state index contributed by atoms with van der Waals surface area (Å²) >= 11 is 0. The van der Waals surface area contributed by atoms with Gasteiger partial charge in [-0.15, -0.1) is 0 Å². The van der Waals surface area contributed by atoms with Gasteiger partial charge < -0.3 is 20.1 Å². The van der Waals surface area contributed by atoms with E-state index in [9.17, 15) is 4.79 Å². The van der Waals surface area contributed by atoms with Crippen LogP contribution in [0.4, 0.5) is 17.1 Å². The van der Waals surface area contributed by atoms with Crippen LogP contribution in [-0.4, -0.2) is 20.1 Å². The first kappa shape index (κ1) is 17.4. The molecule has 0 aliphatic carbocycles. The van der Waals surface area contributed by atoms with Gasteiger partial charge in [0.2, 0.25) is 0 Å². The Morgan fingerprint density at radius 2 is 1.54 bits per heavy atom. The molecule has 1 amide bonds. The van der Waals surface area contributed by atoms with E-state index in [2.05, 4.69) is 10.6 Å². The number of ether oxygens (including phenoxy) is 2. The lowest BCUT2D eigenvalue weighted by Crippen LogP contribution is -2.14. The summed E-state index contributed by atoms with van der Waals surface area (Å²) in [5.74, 6) is 0.958. The second-order valence-corrected chi connectivity index (χ2v) is 5.56. The lowest BCUT2D eigenvalue weighted by Gasteiger charge is -2.14. The predicted molar refractivity (Wildman–Crippen MR) is 104 cm³/mol. The zero-order valence-electron chi connectivity index (χ0n) is 14.7. The summed E-state index contributed by atoms with van der Waals surface area (Å²) in [5, 5.41) is 6.17. The molecule has 0 fully saturated rings. The molecule has 3 rings (SSSR count). The van der Waals surface area contributed by atoms with Crippen molar-refractivity contribution in [2.45, 2.75) is 0 Å². The molecule has 0 atom stereocenters. The average Bonchev–Trinajstić information content (AvgIpc) is 2.69. The third kappa shape index (κ3) is 3.95. The van der Waals surface area contributed by atoms with Crippen LogP contribution in [0.3, 0.4) is 0 Å². The van der Waals surface area contributed by atoms with Crippen molar-refractivity contribution in [2.75, 3.05) is 24.9 Å². The minimum absolute atomic E-state index is 0.240. The van der Waals surface area contributed by atoms with Gasteiger partial charge in [0.05, 0.1) is 31.2 Å². The molecule has 0 aliphatic heterocycles. The predicted octanol–water partition coefficient (Wildman–Crippen LogP) is 4.70. The minimum Gasteiger partial charge on any atom is -0.497 e. The molecule has 26 heavy (non-hydrogen) atoms. The summed E-state index contributed by atoms with van der Waals surface area (Å²) in [6, 6.07) is 22.3. The van der Waals surface area contributed by atoms with Gasteiger partial charge in [0.1, 0.15) is 11.5 Å². The van der Waals surface area contributed by atoms with E-state index in [4.69, 9.17) is 9.47 Å². The number of benzene rings is 3. The third-order valence-electron chi connectivity index (χ3n) is 3.88. The first-order valence-corrected chi connectivity index (χ1v) is 8.15. The van der Waals surface area contributed by atoms with E-state index in [1.54, 1.807) is 38.5 Å². The average molecular weight is 348 g/mol. The second-order valence-electron chi connectivity index (χ2n) is 5.56. The fourth-order valence-electron chi connectivity index (χ4n) is 2.57. The highest BCUT2D eigenvalue weighted by Gasteiger charge is 2.14. The van der Waals surface area contributed by atoms with E-state index in [1.165, 1.54) is 0 Å². The molecule has 3 aromatic rings. The Morgan fingerprint density at radius 3 is 2.27 bits per heavy atom. The van der Waals surface area contributed by atoms with Crippen molar-refractivity contribution >= 4 is 23.0 Å². The van der Waals surface area contributed by atoms with Gasteiger partial charge in [-0.25, -0.2) is 0 Å². The van der Waals surface area contributed by atoms with Crippen LogP contribution in [0.25, 0.3) is 0 Å². The Morgan fingerprint density at radius 1 is 0.808 bits per heavy atom. The fourth-order valence-corrected chi connectivity index (χ4v) is 2.57. The van der Waals surface area contributed by atoms with Gasteiger partial charge in [-0.2, -0.15) is 0 Å². The summed E-state index contributed by atoms with van der Waals surface area (Å²) in [6.45, 7) is 0. The first-order chi connectivity index (χ1) is 12.7. The number of carbonyl (C=O) groups is 1. The molecule has 0 aromatic heterocycles. The normalized spacial score (nSPS) is 10.1. The van der Waals surface area contributed by atoms with Gasteiger partial charge in [0, 0.05) is 11.8 Å². The second kappa shape index (κ2) is 8.07. The number of amides is 1. The van der Waals surface area contributed by atoms with E-state index >= 15 is 0 Å². The van der Waals surface area contributed by atoms with Gasteiger partial charge >= 0.3 is 0 Å². The quantitative estimate of drug-likeness (QED) is 0.678. The van der Waals surface area contributed by atoms with Crippen LogP contribution in [0.5, 0.6) is 11.5 Å². The highest BCUT2D eigenvalue weighted by atomic mass is 16.5. The largest absolute Gasteiger partial charge is 0.497 e. The number of anilines is 3. The minimum atomic E-state index is -0.240. The van der Waals surface area contributed by atoms with Gasteiger partial charge in [0.25, 0.3) is 5.91 Å². The number of hydrogen-bond acceptors (Lipinski definition) is 4. The van der Waals surface area contributed by atoms with Crippen molar-refractivity contribution in [3.05, 3.63) is 78.4 Å². The van der Waals surface area contributed by atoms with Gasteiger partial charge in [-0.3, -0.25) is 4.79 Å². The van der Waals surface area contributed by atoms with Crippen LogP contribution >= 0.6 is 0 Å². The third-order valence-corrected chi connectivity index (χ3v) is 3.88. The Labute approximate surface area is 152 Å². The van der Waals surface area contributed by atoms with Crippen LogP contribution in [0.2, 0.25) is 0 Å². The molecule has 0 saturated carbocycles. The lowest BCUT2D eigenvalue weighted by molar-refractivity contribution is 0.102. The lowest BCUT2D eigenvalue weighted by atomic mass is 10.1. The molecule has 5 heteroatoms. The topological polar surface area (TPSA) is 59.6 Å². The van der Waals surface area contributed by atoms with Gasteiger partial charge in [-0.05, 0) is 36.4 Å². The Bertz CT molecular complexity index is 895.